The van der Waals surface area contributed by atoms with Crippen LogP contribution in [0, 0.1) is 6.92 Å². The summed E-state index contributed by atoms with van der Waals surface area (Å²) in [5.41, 5.74) is 2.56. The molecule has 4 aromatic carbocycles. The molecule has 0 aliphatic carbocycles. The summed E-state index contributed by atoms with van der Waals surface area (Å²) in [5, 5.41) is 2.64. The van der Waals surface area contributed by atoms with Crippen molar-refractivity contribution >= 4 is 65.0 Å². The fourth-order valence-electron chi connectivity index (χ4n) is 3.65. The highest BCUT2D eigenvalue weighted by molar-refractivity contribution is 9.10. The van der Waals surface area contributed by atoms with Gasteiger partial charge in [0, 0.05) is 21.9 Å². The number of aryl methyl sites for hydroxylation is 1. The number of carbonyl (C=O) groups is 1. The van der Waals surface area contributed by atoms with Crippen LogP contribution in [0.3, 0.4) is 0 Å². The van der Waals surface area contributed by atoms with E-state index in [1.54, 1.807) is 54.6 Å². The van der Waals surface area contributed by atoms with Gasteiger partial charge in [-0.15, -0.1) is 0 Å². The van der Waals surface area contributed by atoms with Gasteiger partial charge in [0.05, 0.1) is 22.6 Å². The maximum absolute atomic E-state index is 12.9. The molecular formula is C29H26BrN3O6S2. The van der Waals surface area contributed by atoms with E-state index in [4.69, 9.17) is 4.74 Å². The lowest BCUT2D eigenvalue weighted by Gasteiger charge is -2.12. The number of hydrogen-bond acceptors (Lipinski definition) is 6. The first-order valence-electron chi connectivity index (χ1n) is 12.1. The Balaban J connectivity index is 1.39. The Morgan fingerprint density at radius 3 is 2.15 bits per heavy atom. The molecule has 0 aromatic heterocycles. The fourth-order valence-corrected chi connectivity index (χ4v) is 6.30. The van der Waals surface area contributed by atoms with Crippen LogP contribution in [0.15, 0.2) is 111 Å². The number of nitrogens with one attached hydrogen (secondary N) is 3. The third-order valence-corrected chi connectivity index (χ3v) is 9.19. The maximum atomic E-state index is 12.9. The second kappa shape index (κ2) is 12.6. The molecule has 0 heterocycles. The molecule has 12 heteroatoms. The number of hydrogen-bond donors (Lipinski definition) is 3. The van der Waals surface area contributed by atoms with Crippen molar-refractivity contribution in [2.24, 2.45) is 0 Å². The van der Waals surface area contributed by atoms with E-state index in [0.29, 0.717) is 27.2 Å². The van der Waals surface area contributed by atoms with E-state index in [-0.39, 0.29) is 15.5 Å². The number of benzene rings is 4. The minimum absolute atomic E-state index is 0.0206. The molecule has 0 saturated carbocycles. The van der Waals surface area contributed by atoms with E-state index >= 15 is 0 Å². The van der Waals surface area contributed by atoms with Crippen LogP contribution in [0.2, 0.25) is 0 Å². The summed E-state index contributed by atoms with van der Waals surface area (Å²) in [4.78, 5) is 12.5. The van der Waals surface area contributed by atoms with Crippen LogP contribution in [0.1, 0.15) is 11.1 Å². The smallest absolute Gasteiger partial charge is 0.262 e. The van der Waals surface area contributed by atoms with E-state index < -0.39 is 26.0 Å². The van der Waals surface area contributed by atoms with Gasteiger partial charge in [0.15, 0.2) is 0 Å². The molecule has 0 atom stereocenters. The van der Waals surface area contributed by atoms with E-state index in [2.05, 4.69) is 30.7 Å². The first-order chi connectivity index (χ1) is 19.4. The quantitative estimate of drug-likeness (QED) is 0.179. The lowest BCUT2D eigenvalue weighted by Crippen LogP contribution is -2.14. The Labute approximate surface area is 247 Å². The number of amides is 1. The van der Waals surface area contributed by atoms with Crippen molar-refractivity contribution in [3.8, 4) is 5.75 Å². The summed E-state index contributed by atoms with van der Waals surface area (Å²) < 4.78 is 62.0. The van der Waals surface area contributed by atoms with Crippen LogP contribution in [0.5, 0.6) is 5.75 Å². The number of rotatable bonds is 10. The predicted octanol–water partition coefficient (Wildman–Crippen LogP) is 6.02. The van der Waals surface area contributed by atoms with Gasteiger partial charge in [0.1, 0.15) is 5.75 Å². The Morgan fingerprint density at radius 2 is 1.46 bits per heavy atom. The minimum Gasteiger partial charge on any atom is -0.497 e. The second-order valence-corrected chi connectivity index (χ2v) is 13.1. The SMILES string of the molecule is COc1ccc(NS(=O)(=O)c2ccc(C=CC(=O)Nc3cccc(S(=O)(=O)Nc4cc(C)ccc4Br)c3)cc2)cc1. The first kappa shape index (κ1) is 29.8. The molecule has 212 valence electrons. The van der Waals surface area contributed by atoms with Gasteiger partial charge in [-0.2, -0.15) is 0 Å². The van der Waals surface area contributed by atoms with Gasteiger partial charge < -0.3 is 10.1 Å². The van der Waals surface area contributed by atoms with Gasteiger partial charge in [-0.3, -0.25) is 14.2 Å². The maximum Gasteiger partial charge on any atom is 0.262 e. The first-order valence-corrected chi connectivity index (χ1v) is 15.9. The Bertz CT molecular complexity index is 1810. The Morgan fingerprint density at radius 1 is 0.780 bits per heavy atom. The fraction of sp³-hybridized carbons (Fsp3) is 0.0690. The normalized spacial score (nSPS) is 11.7. The third kappa shape index (κ3) is 7.97. The topological polar surface area (TPSA) is 131 Å². The summed E-state index contributed by atoms with van der Waals surface area (Å²) in [5.74, 6) is 0.112. The van der Waals surface area contributed by atoms with Gasteiger partial charge in [0.25, 0.3) is 20.0 Å². The molecule has 0 fully saturated rings. The molecule has 41 heavy (non-hydrogen) atoms. The van der Waals surface area contributed by atoms with Crippen LogP contribution in [-0.4, -0.2) is 29.9 Å². The molecule has 0 radical (unpaired) electrons. The van der Waals surface area contributed by atoms with Crippen molar-refractivity contribution in [3.63, 3.8) is 0 Å². The molecule has 0 saturated heterocycles. The zero-order chi connectivity index (χ0) is 29.6. The molecule has 0 unspecified atom stereocenters. The van der Waals surface area contributed by atoms with Crippen molar-refractivity contribution < 1.29 is 26.4 Å². The van der Waals surface area contributed by atoms with E-state index in [0.717, 1.165) is 5.56 Å². The van der Waals surface area contributed by atoms with Crippen molar-refractivity contribution in [2.75, 3.05) is 21.9 Å². The summed E-state index contributed by atoms with van der Waals surface area (Å²) >= 11 is 3.34. The molecular weight excluding hydrogens is 630 g/mol. The van der Waals surface area contributed by atoms with Gasteiger partial charge in [-0.25, -0.2) is 16.8 Å². The molecule has 3 N–H and O–H groups in total. The molecule has 0 bridgehead atoms. The van der Waals surface area contributed by atoms with Crippen molar-refractivity contribution in [3.05, 3.63) is 113 Å². The number of carbonyl (C=O) groups excluding carboxylic acids is 1. The second-order valence-electron chi connectivity index (χ2n) is 8.84. The molecule has 1 amide bonds. The van der Waals surface area contributed by atoms with Crippen LogP contribution >= 0.6 is 15.9 Å². The lowest BCUT2D eigenvalue weighted by atomic mass is 10.2. The zero-order valence-corrected chi connectivity index (χ0v) is 25.2. The minimum atomic E-state index is -3.91. The lowest BCUT2D eigenvalue weighted by molar-refractivity contribution is -0.111. The standard InChI is InChI=1S/C29H26BrN3O6S2/c1-20-6-16-27(30)28(18-20)33-41(37,38)26-5-3-4-23(19-26)31-29(34)17-9-21-7-14-25(15-8-21)40(35,36)32-22-10-12-24(39-2)13-11-22/h3-19,32-33H,1-2H3,(H,31,34). The molecule has 4 aromatic rings. The average Bonchev–Trinajstić information content (AvgIpc) is 2.94. The highest BCUT2D eigenvalue weighted by Crippen LogP contribution is 2.27. The molecule has 9 nitrogen and oxygen atoms in total. The highest BCUT2D eigenvalue weighted by atomic mass is 79.9. The number of anilines is 3. The number of sulfonamides is 2. The molecule has 0 aliphatic rings. The largest absolute Gasteiger partial charge is 0.497 e. The number of methoxy groups -OCH3 is 1. The molecule has 0 aliphatic heterocycles. The van der Waals surface area contributed by atoms with Crippen LogP contribution < -0.4 is 19.5 Å². The third-order valence-electron chi connectivity index (χ3n) is 5.74. The monoisotopic (exact) mass is 655 g/mol. The average molecular weight is 657 g/mol. The van der Waals surface area contributed by atoms with E-state index in [1.807, 2.05) is 13.0 Å². The van der Waals surface area contributed by atoms with Gasteiger partial charge in [0.2, 0.25) is 5.91 Å². The van der Waals surface area contributed by atoms with E-state index in [1.165, 1.54) is 49.6 Å². The summed E-state index contributed by atoms with van der Waals surface area (Å²) in [6, 6.07) is 23.7. The highest BCUT2D eigenvalue weighted by Gasteiger charge is 2.17. The zero-order valence-electron chi connectivity index (χ0n) is 22.0. The molecule has 0 spiro atoms. The number of ether oxygens (including phenoxy) is 1. The van der Waals surface area contributed by atoms with Gasteiger partial charge in [-0.05, 0) is 107 Å². The Kier molecular flexibility index (Phi) is 9.16. The van der Waals surface area contributed by atoms with Crippen LogP contribution in [-0.2, 0) is 24.8 Å². The van der Waals surface area contributed by atoms with Crippen molar-refractivity contribution in [1.29, 1.82) is 0 Å². The van der Waals surface area contributed by atoms with Crippen molar-refractivity contribution in [1.82, 2.24) is 0 Å². The predicted molar refractivity (Wildman–Crippen MR) is 164 cm³/mol. The van der Waals surface area contributed by atoms with Gasteiger partial charge >= 0.3 is 0 Å². The van der Waals surface area contributed by atoms with Gasteiger partial charge in [-0.1, -0.05) is 24.3 Å². The summed E-state index contributed by atoms with van der Waals surface area (Å²) in [6.45, 7) is 1.85. The van der Waals surface area contributed by atoms with Crippen LogP contribution in [0.4, 0.5) is 17.1 Å². The number of halogens is 1. The molecule has 4 rings (SSSR count). The summed E-state index contributed by atoms with van der Waals surface area (Å²) in [6.07, 6.45) is 2.78. The van der Waals surface area contributed by atoms with Crippen molar-refractivity contribution in [2.45, 2.75) is 16.7 Å². The Hall–Kier alpha value is -4.13. The van der Waals surface area contributed by atoms with Crippen LogP contribution in [0.25, 0.3) is 6.08 Å². The summed E-state index contributed by atoms with van der Waals surface area (Å²) in [7, 11) is -6.21. The van der Waals surface area contributed by atoms with E-state index in [9.17, 15) is 21.6 Å².